The Morgan fingerprint density at radius 2 is 1.41 bits per heavy atom. The number of pyridine rings is 1. The number of anilines is 1. The first-order chi connectivity index (χ1) is 40.9. The summed E-state index contributed by atoms with van der Waals surface area (Å²) in [7, 11) is 2.97. The lowest BCUT2D eigenvalue weighted by Crippen LogP contribution is -2.40. The van der Waals surface area contributed by atoms with E-state index in [1.54, 1.807) is 29.8 Å². The van der Waals surface area contributed by atoms with Crippen LogP contribution in [-0.4, -0.2) is 108 Å². The smallest absolute Gasteiger partial charge is 0.413 e. The van der Waals surface area contributed by atoms with Crippen LogP contribution in [0.2, 0.25) is 0 Å². The molecule has 30 heteroatoms. The standard InChI is InChI=1S/C55H54IN13O10S6/c1-24(2)40-53-69-43(35(85-53)19-78-5)46(73)58-18-38(71)66-44(39(56)26-9-7-6-8-10-26)52-63-34(22-82-52)50-61-32(20-81-50)42-29(15-16-30(59-42)49-64-36(23-83-49)65-55(77)79-28-13-11-27(12-14-28)54(75)76)48-62-33(21-80-48)45(72)60-31(17-37(70)57-4)51-68-41(25(3)84-51)47(74)67-40/h6-10,15-16,20-24,27-28,31,39-40,44H,11-14,17-19H2,1-5H3,(H,57,70)(H,58,73)(H,60,72)(H,65,77)(H,66,71)(H,67,74)(H,75,76)/t27-,28+,31-,39-,40-,44-/m0/s1. The van der Waals surface area contributed by atoms with Gasteiger partial charge < -0.3 is 41.2 Å². The van der Waals surface area contributed by atoms with E-state index in [1.165, 1.54) is 70.8 Å². The Morgan fingerprint density at radius 3 is 2.15 bits per heavy atom. The number of nitrogens with one attached hydrogen (secondary N) is 6. The van der Waals surface area contributed by atoms with Crippen LogP contribution in [0.15, 0.2) is 64.0 Å². The molecule has 1 fully saturated rings. The van der Waals surface area contributed by atoms with Crippen molar-refractivity contribution < 1.29 is 48.1 Å². The van der Waals surface area contributed by atoms with E-state index in [0.717, 1.165) is 16.9 Å². The Kier molecular flexibility index (Phi) is 19.5. The van der Waals surface area contributed by atoms with E-state index in [9.17, 15) is 38.7 Å². The van der Waals surface area contributed by atoms with Crippen LogP contribution in [0, 0.1) is 18.8 Å². The van der Waals surface area contributed by atoms with Gasteiger partial charge in [-0.25, -0.2) is 39.7 Å². The average Bonchev–Trinajstić information content (AvgIpc) is 4.56. The largest absolute Gasteiger partial charge is 0.481 e. The maximum absolute atomic E-state index is 14.3. The number of ether oxygens (including phenoxy) is 2. The van der Waals surface area contributed by atoms with Crippen molar-refractivity contribution in [1.82, 2.24) is 61.5 Å². The van der Waals surface area contributed by atoms with Gasteiger partial charge in [-0.3, -0.25) is 34.1 Å². The predicted octanol–water partition coefficient (Wildman–Crippen LogP) is 9.95. The SMILES string of the molecule is CNC(=O)C[C@@H]1NC(=O)c2csc(n2)-c2ccc(-c3nc(NC(=O)O[C@H]4CC[C@@H](C(=O)O)CC4)cs3)nc2-c2csc(n2)-c2csc(n2)[C@H]([C@@H](I)c2ccccc2)NC(=O)CNC(=O)c2nc(sc2COC)[C@H](C(C)C)NC(=O)c2nc1sc2C. The molecule has 10 rings (SSSR count). The third kappa shape index (κ3) is 14.3. The molecular weight excluding hydrogens is 1320 g/mol. The fourth-order valence-corrected chi connectivity index (χ4v) is 16.0. The highest BCUT2D eigenvalue weighted by Crippen LogP contribution is 2.42. The van der Waals surface area contributed by atoms with Gasteiger partial charge in [-0.1, -0.05) is 66.8 Å². The van der Waals surface area contributed by atoms with E-state index in [0.29, 0.717) is 93.8 Å². The van der Waals surface area contributed by atoms with E-state index in [2.05, 4.69) is 59.5 Å². The zero-order valence-electron chi connectivity index (χ0n) is 45.9. The highest BCUT2D eigenvalue weighted by molar-refractivity contribution is 14.1. The van der Waals surface area contributed by atoms with Gasteiger partial charge >= 0.3 is 12.1 Å². The molecule has 1 aliphatic heterocycles. The van der Waals surface area contributed by atoms with E-state index >= 15 is 0 Å². The number of aromatic nitrogens is 7. The number of nitrogens with zero attached hydrogens (tertiary/aromatic N) is 7. The zero-order valence-corrected chi connectivity index (χ0v) is 53.0. The lowest BCUT2D eigenvalue weighted by molar-refractivity contribution is -0.143. The zero-order chi connectivity index (χ0) is 60.1. The molecule has 10 bridgehead atoms. The molecule has 442 valence electrons. The minimum atomic E-state index is -0.982. The summed E-state index contributed by atoms with van der Waals surface area (Å²) in [5.74, 6) is -3.97. The number of hydrogen-bond acceptors (Lipinski definition) is 22. The number of carbonyl (C=O) groups is 7. The number of methoxy groups -OCH3 is 1. The number of thiazole rings is 6. The second-order valence-corrected chi connectivity index (χ2v) is 27.1. The molecular formula is C55H54IN13O10S6. The Labute approximate surface area is 523 Å². The second-order valence-electron chi connectivity index (χ2n) is 20.0. The highest BCUT2D eigenvalue weighted by atomic mass is 127. The monoisotopic (exact) mass is 1380 g/mol. The Morgan fingerprint density at radius 1 is 0.706 bits per heavy atom. The maximum Gasteiger partial charge on any atom is 0.413 e. The lowest BCUT2D eigenvalue weighted by atomic mass is 9.87. The van der Waals surface area contributed by atoms with E-state index in [4.69, 9.17) is 39.4 Å². The van der Waals surface area contributed by atoms with Gasteiger partial charge in [0.1, 0.15) is 76.1 Å². The molecule has 1 saturated carbocycles. The van der Waals surface area contributed by atoms with Crippen LogP contribution in [0.25, 0.3) is 43.4 Å². The number of benzene rings is 1. The van der Waals surface area contributed by atoms with Crippen LogP contribution in [-0.2, 0) is 30.5 Å². The van der Waals surface area contributed by atoms with E-state index in [-0.39, 0.29) is 45.8 Å². The van der Waals surface area contributed by atoms with Crippen molar-refractivity contribution in [3.05, 3.63) is 111 Å². The molecule has 23 nitrogen and oxygen atoms in total. The topological polar surface area (TPSA) is 321 Å². The summed E-state index contributed by atoms with van der Waals surface area (Å²) in [4.78, 5) is 129. The number of carbonyl (C=O) groups excluding carboxylic acids is 6. The Balaban J connectivity index is 1.02. The van der Waals surface area contributed by atoms with Crippen molar-refractivity contribution in [1.29, 1.82) is 0 Å². The lowest BCUT2D eigenvalue weighted by Gasteiger charge is -2.25. The van der Waals surface area contributed by atoms with Crippen LogP contribution in [0.3, 0.4) is 0 Å². The molecule has 0 unspecified atom stereocenters. The number of hydrogen-bond donors (Lipinski definition) is 7. The van der Waals surface area contributed by atoms with Gasteiger partial charge in [-0.05, 0) is 56.2 Å². The van der Waals surface area contributed by atoms with Gasteiger partial charge in [0.15, 0.2) is 0 Å². The number of rotatable bonds is 11. The van der Waals surface area contributed by atoms with Crippen LogP contribution >= 0.6 is 90.6 Å². The number of fused-ring (bicyclic) bond motifs is 14. The maximum atomic E-state index is 14.3. The normalized spacial score (nSPS) is 19.0. The van der Waals surface area contributed by atoms with Gasteiger partial charge in [0.2, 0.25) is 11.8 Å². The van der Waals surface area contributed by atoms with Crippen LogP contribution in [0.5, 0.6) is 0 Å². The summed E-state index contributed by atoms with van der Waals surface area (Å²) in [6.45, 7) is 5.13. The minimum absolute atomic E-state index is 0.0300. The number of carboxylic acids is 1. The molecule has 7 N–H and O–H groups in total. The number of aryl methyl sites for hydroxylation is 1. The van der Waals surface area contributed by atoms with Crippen molar-refractivity contribution in [3.8, 4) is 43.4 Å². The third-order valence-corrected chi connectivity index (χ3v) is 20.9. The molecule has 0 radical (unpaired) electrons. The van der Waals surface area contributed by atoms with Crippen molar-refractivity contribution in [2.24, 2.45) is 11.8 Å². The fourth-order valence-electron chi connectivity index (χ4n) is 9.33. The first kappa shape index (κ1) is 61.0. The van der Waals surface area contributed by atoms with Gasteiger partial charge in [0.05, 0.1) is 58.1 Å². The number of halogens is 1. The molecule has 4 atom stereocenters. The van der Waals surface area contributed by atoms with E-state index in [1.807, 2.05) is 54.9 Å². The average molecular weight is 1380 g/mol. The molecule has 85 heavy (non-hydrogen) atoms. The second kappa shape index (κ2) is 27.1. The molecule has 0 spiro atoms. The molecule has 7 aromatic heterocycles. The molecule has 1 aliphatic carbocycles. The summed E-state index contributed by atoms with van der Waals surface area (Å²) < 4.78 is 10.8. The van der Waals surface area contributed by atoms with Crippen LogP contribution in [0.1, 0.15) is 130 Å². The molecule has 6 amide bonds. The number of alkyl halides is 1. The van der Waals surface area contributed by atoms with Crippen molar-refractivity contribution in [2.75, 3.05) is 26.0 Å². The molecule has 8 heterocycles. The van der Waals surface area contributed by atoms with Crippen LogP contribution < -0.4 is 31.9 Å². The summed E-state index contributed by atoms with van der Waals surface area (Å²) >= 11 is 9.70. The third-order valence-electron chi connectivity index (χ3n) is 13.7. The van der Waals surface area contributed by atoms with Crippen molar-refractivity contribution in [2.45, 2.75) is 87.6 Å². The number of aliphatic carboxylic acids is 1. The molecule has 1 aromatic carbocycles. The van der Waals surface area contributed by atoms with Crippen molar-refractivity contribution in [3.63, 3.8) is 0 Å². The summed E-state index contributed by atoms with van der Waals surface area (Å²) in [6, 6.07) is 10.8. The molecule has 0 saturated heterocycles. The number of amides is 6. The summed E-state index contributed by atoms with van der Waals surface area (Å²) in [5.41, 5.74) is 3.37. The molecule has 8 aromatic rings. The highest BCUT2D eigenvalue weighted by Gasteiger charge is 2.34. The van der Waals surface area contributed by atoms with Crippen molar-refractivity contribution >= 4 is 138 Å². The van der Waals surface area contributed by atoms with E-state index < -0.39 is 78.3 Å². The number of carboxylic acid groups (broad SMARTS) is 1. The van der Waals surface area contributed by atoms with Gasteiger partial charge in [0.25, 0.3) is 17.7 Å². The predicted molar refractivity (Wildman–Crippen MR) is 332 cm³/mol. The quantitative estimate of drug-likeness (QED) is 0.0468. The summed E-state index contributed by atoms with van der Waals surface area (Å²) in [6.07, 6.45) is 0.352. The van der Waals surface area contributed by atoms with Gasteiger partial charge in [-0.15, -0.1) is 68.0 Å². The van der Waals surface area contributed by atoms with Gasteiger partial charge in [0, 0.05) is 46.1 Å². The fraction of sp³-hybridized carbons (Fsp3) is 0.345. The Hall–Kier alpha value is -7.07. The molecule has 2 aliphatic rings. The van der Waals surface area contributed by atoms with Gasteiger partial charge in [-0.2, -0.15) is 0 Å². The minimum Gasteiger partial charge on any atom is -0.481 e. The van der Waals surface area contributed by atoms with Crippen LogP contribution in [0.4, 0.5) is 10.6 Å². The summed E-state index contributed by atoms with van der Waals surface area (Å²) in [5, 5.41) is 36.2. The first-order valence-corrected chi connectivity index (χ1v) is 32.9. The first-order valence-electron chi connectivity index (χ1n) is 26.5. The Bertz CT molecular complexity index is 3800.